The smallest absolute Gasteiger partial charge is 0.319 e. The first-order valence-corrected chi connectivity index (χ1v) is 11.2. The molecule has 1 saturated heterocycles. The monoisotopic (exact) mass is 456 g/mol. The number of carbonyl (C=O) groups excluding carboxylic acids is 2. The van der Waals surface area contributed by atoms with Gasteiger partial charge in [0.05, 0.1) is 19.8 Å². The van der Waals surface area contributed by atoms with Crippen molar-refractivity contribution < 1.29 is 19.1 Å². The lowest BCUT2D eigenvalue weighted by Crippen LogP contribution is -2.49. The molecule has 10 heteroatoms. The molecular weight excluding hydrogens is 424 g/mol. The third-order valence-corrected chi connectivity index (χ3v) is 5.12. The molecule has 0 saturated carbocycles. The molecule has 1 aromatic carbocycles. The van der Waals surface area contributed by atoms with Gasteiger partial charge < -0.3 is 29.9 Å². The molecule has 0 aliphatic carbocycles. The molecule has 3 amide bonds. The molecule has 3 rings (SSSR count). The number of hydrogen-bond donors (Lipinski definition) is 2. The van der Waals surface area contributed by atoms with E-state index in [1.807, 2.05) is 36.1 Å². The molecule has 0 bridgehead atoms. The summed E-state index contributed by atoms with van der Waals surface area (Å²) in [5, 5.41) is 5.54. The van der Waals surface area contributed by atoms with Crippen LogP contribution in [0, 0.1) is 0 Å². The average molecular weight is 457 g/mol. The first kappa shape index (κ1) is 24.4. The maximum atomic E-state index is 12.5. The van der Waals surface area contributed by atoms with Crippen molar-refractivity contribution in [3.05, 3.63) is 48.3 Å². The number of urea groups is 1. The van der Waals surface area contributed by atoms with E-state index in [0.717, 1.165) is 5.56 Å². The highest BCUT2D eigenvalue weighted by molar-refractivity contribution is 5.89. The van der Waals surface area contributed by atoms with E-state index in [2.05, 4.69) is 25.5 Å². The number of rotatable bonds is 11. The number of amides is 3. The number of nitrogens with one attached hydrogen (secondary N) is 2. The van der Waals surface area contributed by atoms with Crippen LogP contribution < -0.4 is 15.5 Å². The third kappa shape index (κ3) is 8.32. The van der Waals surface area contributed by atoms with Crippen LogP contribution in [0.1, 0.15) is 18.9 Å². The van der Waals surface area contributed by atoms with Crippen molar-refractivity contribution in [2.75, 3.05) is 62.8 Å². The molecule has 1 aliphatic heterocycles. The lowest BCUT2D eigenvalue weighted by molar-refractivity contribution is -0.131. The van der Waals surface area contributed by atoms with E-state index in [1.165, 1.54) is 0 Å². The molecule has 0 atom stereocenters. The highest BCUT2D eigenvalue weighted by Crippen LogP contribution is 2.12. The second-order valence-corrected chi connectivity index (χ2v) is 7.50. The summed E-state index contributed by atoms with van der Waals surface area (Å²) < 4.78 is 10.8. The molecule has 1 fully saturated rings. The zero-order chi connectivity index (χ0) is 23.3. The summed E-state index contributed by atoms with van der Waals surface area (Å²) in [5.41, 5.74) is 1.63. The molecule has 2 N–H and O–H groups in total. The largest absolute Gasteiger partial charge is 0.379 e. The van der Waals surface area contributed by atoms with Crippen molar-refractivity contribution in [1.82, 2.24) is 20.2 Å². The molecule has 1 aliphatic rings. The number of ether oxygens (including phenoxy) is 2. The lowest BCUT2D eigenvalue weighted by Gasteiger charge is -2.34. The Morgan fingerprint density at radius 1 is 1.03 bits per heavy atom. The van der Waals surface area contributed by atoms with Crippen LogP contribution in [0.25, 0.3) is 0 Å². The maximum absolute atomic E-state index is 12.5. The van der Waals surface area contributed by atoms with Crippen LogP contribution in [0.4, 0.5) is 16.4 Å². The number of nitrogens with zero attached hydrogens (tertiary/aromatic N) is 4. The van der Waals surface area contributed by atoms with Crippen molar-refractivity contribution in [1.29, 1.82) is 0 Å². The minimum atomic E-state index is -0.344. The second-order valence-electron chi connectivity index (χ2n) is 7.50. The van der Waals surface area contributed by atoms with Crippen molar-refractivity contribution in [2.24, 2.45) is 0 Å². The molecular formula is C23H32N6O4. The number of benzene rings is 1. The van der Waals surface area contributed by atoms with E-state index in [1.54, 1.807) is 18.5 Å². The van der Waals surface area contributed by atoms with Gasteiger partial charge in [0, 0.05) is 63.8 Å². The molecule has 0 radical (unpaired) electrons. The van der Waals surface area contributed by atoms with Gasteiger partial charge in [-0.2, -0.15) is 0 Å². The topological polar surface area (TPSA) is 109 Å². The van der Waals surface area contributed by atoms with E-state index in [-0.39, 0.29) is 24.9 Å². The first-order valence-electron chi connectivity index (χ1n) is 11.2. The SMILES string of the molecule is CCOCCOCc1cccc(NC(=O)NCCC(=O)N2CCN(c3ncccn3)CC2)c1. The van der Waals surface area contributed by atoms with E-state index >= 15 is 0 Å². The predicted molar refractivity (Wildman–Crippen MR) is 125 cm³/mol. The van der Waals surface area contributed by atoms with Crippen LogP contribution in [0.5, 0.6) is 0 Å². The van der Waals surface area contributed by atoms with Gasteiger partial charge in [-0.3, -0.25) is 4.79 Å². The molecule has 2 aromatic rings. The molecule has 1 aromatic heterocycles. The molecule has 33 heavy (non-hydrogen) atoms. The average Bonchev–Trinajstić information content (AvgIpc) is 2.85. The predicted octanol–water partition coefficient (Wildman–Crippen LogP) is 1.89. The van der Waals surface area contributed by atoms with E-state index in [0.29, 0.717) is 64.2 Å². The van der Waals surface area contributed by atoms with Gasteiger partial charge in [0.25, 0.3) is 0 Å². The summed E-state index contributed by atoms with van der Waals surface area (Å²) in [6.45, 7) is 7.02. The Labute approximate surface area is 194 Å². The van der Waals surface area contributed by atoms with Gasteiger partial charge in [0.15, 0.2) is 0 Å². The van der Waals surface area contributed by atoms with Gasteiger partial charge in [-0.05, 0) is 30.7 Å². The summed E-state index contributed by atoms with van der Waals surface area (Å²) in [6.07, 6.45) is 3.68. The Morgan fingerprint density at radius 2 is 1.79 bits per heavy atom. The molecule has 0 unspecified atom stereocenters. The van der Waals surface area contributed by atoms with E-state index < -0.39 is 0 Å². The van der Waals surface area contributed by atoms with Crippen LogP contribution in [0.15, 0.2) is 42.7 Å². The van der Waals surface area contributed by atoms with Gasteiger partial charge in [-0.1, -0.05) is 12.1 Å². The Kier molecular flexibility index (Phi) is 9.86. The lowest BCUT2D eigenvalue weighted by atomic mass is 10.2. The maximum Gasteiger partial charge on any atom is 0.319 e. The standard InChI is InChI=1S/C23H32N6O4/c1-2-32-15-16-33-18-19-5-3-6-20(17-19)27-23(31)26-10-7-21(30)28-11-13-29(14-12-28)22-24-8-4-9-25-22/h3-6,8-9,17H,2,7,10-16,18H2,1H3,(H2,26,27,31). The minimum absolute atomic E-state index is 0.0233. The summed E-state index contributed by atoms with van der Waals surface area (Å²) in [5.74, 6) is 0.708. The van der Waals surface area contributed by atoms with Crippen LogP contribution in [0.3, 0.4) is 0 Å². The highest BCUT2D eigenvalue weighted by Gasteiger charge is 2.22. The van der Waals surface area contributed by atoms with Gasteiger partial charge in [-0.25, -0.2) is 14.8 Å². The number of anilines is 2. The number of carbonyl (C=O) groups is 2. The number of hydrogen-bond acceptors (Lipinski definition) is 7. The van der Waals surface area contributed by atoms with Crippen molar-refractivity contribution >= 4 is 23.6 Å². The summed E-state index contributed by atoms with van der Waals surface area (Å²) in [6, 6.07) is 8.91. The van der Waals surface area contributed by atoms with Crippen molar-refractivity contribution in [3.63, 3.8) is 0 Å². The minimum Gasteiger partial charge on any atom is -0.379 e. The molecule has 178 valence electrons. The fourth-order valence-electron chi connectivity index (χ4n) is 3.42. The number of aromatic nitrogens is 2. The van der Waals surface area contributed by atoms with Crippen LogP contribution in [0.2, 0.25) is 0 Å². The zero-order valence-electron chi connectivity index (χ0n) is 19.0. The van der Waals surface area contributed by atoms with Gasteiger partial charge in [0.1, 0.15) is 0 Å². The third-order valence-electron chi connectivity index (χ3n) is 5.12. The quantitative estimate of drug-likeness (QED) is 0.497. The summed E-state index contributed by atoms with van der Waals surface area (Å²) in [4.78, 5) is 37.1. The zero-order valence-corrected chi connectivity index (χ0v) is 19.0. The number of piperazine rings is 1. The Morgan fingerprint density at radius 3 is 2.55 bits per heavy atom. The Balaban J connectivity index is 1.32. The second kappa shape index (κ2) is 13.3. The molecule has 10 nitrogen and oxygen atoms in total. The Bertz CT molecular complexity index is 874. The van der Waals surface area contributed by atoms with Gasteiger partial charge in [0.2, 0.25) is 11.9 Å². The first-order chi connectivity index (χ1) is 16.2. The fourth-order valence-corrected chi connectivity index (χ4v) is 3.42. The van der Waals surface area contributed by atoms with E-state index in [4.69, 9.17) is 9.47 Å². The summed E-state index contributed by atoms with van der Waals surface area (Å²) >= 11 is 0. The molecule has 2 heterocycles. The van der Waals surface area contributed by atoms with Crippen molar-refractivity contribution in [2.45, 2.75) is 20.0 Å². The van der Waals surface area contributed by atoms with Gasteiger partial charge in [-0.15, -0.1) is 0 Å². The van der Waals surface area contributed by atoms with Gasteiger partial charge >= 0.3 is 6.03 Å². The normalized spacial score (nSPS) is 13.6. The van der Waals surface area contributed by atoms with E-state index in [9.17, 15) is 9.59 Å². The van der Waals surface area contributed by atoms with Crippen LogP contribution >= 0.6 is 0 Å². The summed E-state index contributed by atoms with van der Waals surface area (Å²) in [7, 11) is 0. The molecule has 0 spiro atoms. The van der Waals surface area contributed by atoms with Crippen LogP contribution in [-0.4, -0.2) is 79.4 Å². The fraction of sp³-hybridized carbons (Fsp3) is 0.478. The van der Waals surface area contributed by atoms with Crippen molar-refractivity contribution in [3.8, 4) is 0 Å². The highest BCUT2D eigenvalue weighted by atomic mass is 16.5. The Hall–Kier alpha value is -3.24. The van der Waals surface area contributed by atoms with Crippen LogP contribution in [-0.2, 0) is 20.9 Å².